The fourth-order valence-corrected chi connectivity index (χ4v) is 3.62. The molecule has 0 radical (unpaired) electrons. The molecule has 29 heavy (non-hydrogen) atoms. The second-order valence-corrected chi connectivity index (χ2v) is 7.54. The lowest BCUT2D eigenvalue weighted by molar-refractivity contribution is -0.136. The van der Waals surface area contributed by atoms with Crippen molar-refractivity contribution in [2.24, 2.45) is 0 Å². The third-order valence-electron chi connectivity index (χ3n) is 5.25. The van der Waals surface area contributed by atoms with Crippen LogP contribution in [0.5, 0.6) is 0 Å². The molecule has 0 spiro atoms. The van der Waals surface area contributed by atoms with Gasteiger partial charge in [0.15, 0.2) is 0 Å². The second-order valence-electron chi connectivity index (χ2n) is 7.54. The van der Waals surface area contributed by atoms with Gasteiger partial charge in [0.25, 0.3) is 0 Å². The highest BCUT2D eigenvalue weighted by Gasteiger charge is 2.21. The van der Waals surface area contributed by atoms with Crippen LogP contribution in [-0.2, 0) is 16.0 Å². The number of anilines is 2. The minimum Gasteiger partial charge on any atom is -0.374 e. The number of benzene rings is 2. The van der Waals surface area contributed by atoms with E-state index >= 15 is 0 Å². The van der Waals surface area contributed by atoms with Crippen LogP contribution in [0, 0.1) is 5.82 Å². The number of rotatable bonds is 5. The molecule has 0 saturated heterocycles. The number of nitrogens with zero attached hydrogens (tertiary/aromatic N) is 2. The molecule has 2 aromatic carbocycles. The van der Waals surface area contributed by atoms with Crippen molar-refractivity contribution in [1.82, 2.24) is 10.2 Å². The number of fused-ring (bicyclic) bond motifs is 1. The van der Waals surface area contributed by atoms with Crippen LogP contribution in [0.3, 0.4) is 0 Å². The maximum atomic E-state index is 13.7. The SMILES string of the molecule is CN1CCCc2cc(C(CNC(=O)C(=O)Nc3ccccc3F)N(C)C)ccc21. The van der Waals surface area contributed by atoms with Gasteiger partial charge in [-0.2, -0.15) is 0 Å². The zero-order chi connectivity index (χ0) is 21.0. The predicted molar refractivity (Wildman–Crippen MR) is 113 cm³/mol. The maximum Gasteiger partial charge on any atom is 0.313 e. The minimum atomic E-state index is -0.889. The van der Waals surface area contributed by atoms with Gasteiger partial charge in [0.2, 0.25) is 0 Å². The number of hydrogen-bond donors (Lipinski definition) is 2. The summed E-state index contributed by atoms with van der Waals surface area (Å²) < 4.78 is 13.7. The van der Waals surface area contributed by atoms with Crippen molar-refractivity contribution in [2.75, 3.05) is 44.4 Å². The van der Waals surface area contributed by atoms with Crippen LogP contribution in [0.4, 0.5) is 15.8 Å². The van der Waals surface area contributed by atoms with Crippen LogP contribution < -0.4 is 15.5 Å². The number of aryl methyl sites for hydroxylation is 1. The Kier molecular flexibility index (Phi) is 6.49. The smallest absolute Gasteiger partial charge is 0.313 e. The Labute approximate surface area is 170 Å². The molecule has 1 atom stereocenters. The maximum absolute atomic E-state index is 13.7. The van der Waals surface area contributed by atoms with E-state index in [2.05, 4.69) is 40.8 Å². The second kappa shape index (κ2) is 9.05. The van der Waals surface area contributed by atoms with E-state index in [0.29, 0.717) is 0 Å². The summed E-state index contributed by atoms with van der Waals surface area (Å²) >= 11 is 0. The Morgan fingerprint density at radius 1 is 1.17 bits per heavy atom. The van der Waals surface area contributed by atoms with Crippen LogP contribution in [0.15, 0.2) is 42.5 Å². The van der Waals surface area contributed by atoms with Crippen molar-refractivity contribution < 1.29 is 14.0 Å². The van der Waals surface area contributed by atoms with Crippen molar-refractivity contribution >= 4 is 23.2 Å². The molecule has 0 bridgehead atoms. The summed E-state index contributed by atoms with van der Waals surface area (Å²) in [7, 11) is 5.96. The molecule has 0 fully saturated rings. The van der Waals surface area contributed by atoms with Crippen molar-refractivity contribution in [3.8, 4) is 0 Å². The first kappa shape index (κ1) is 20.8. The number of amides is 2. The van der Waals surface area contributed by atoms with Gasteiger partial charge in [-0.05, 0) is 56.3 Å². The Bertz CT molecular complexity index is 900. The van der Waals surface area contributed by atoms with Gasteiger partial charge in [-0.25, -0.2) is 4.39 Å². The van der Waals surface area contributed by atoms with Crippen molar-refractivity contribution in [1.29, 1.82) is 0 Å². The highest BCUT2D eigenvalue weighted by atomic mass is 19.1. The number of nitrogens with one attached hydrogen (secondary N) is 2. The van der Waals surface area contributed by atoms with Crippen LogP contribution in [-0.4, -0.2) is 50.9 Å². The van der Waals surface area contributed by atoms with E-state index in [1.54, 1.807) is 6.07 Å². The van der Waals surface area contributed by atoms with E-state index in [1.807, 2.05) is 19.0 Å². The van der Waals surface area contributed by atoms with E-state index in [0.717, 1.165) is 24.9 Å². The Morgan fingerprint density at radius 3 is 2.66 bits per heavy atom. The predicted octanol–water partition coefficient (Wildman–Crippen LogP) is 2.57. The molecule has 6 nitrogen and oxygen atoms in total. The first-order chi connectivity index (χ1) is 13.9. The van der Waals surface area contributed by atoms with E-state index in [1.165, 1.54) is 29.4 Å². The molecule has 2 aromatic rings. The fraction of sp³-hybridized carbons (Fsp3) is 0.364. The monoisotopic (exact) mass is 398 g/mol. The molecule has 154 valence electrons. The minimum absolute atomic E-state index is 0.0179. The Hall–Kier alpha value is -2.93. The number of para-hydroxylation sites is 1. The number of likely N-dealkylation sites (N-methyl/N-ethyl adjacent to an activating group) is 1. The summed E-state index contributed by atoms with van der Waals surface area (Å²) in [5, 5.41) is 4.97. The molecule has 1 unspecified atom stereocenters. The molecule has 0 saturated carbocycles. The lowest BCUT2D eigenvalue weighted by atomic mass is 9.96. The lowest BCUT2D eigenvalue weighted by Crippen LogP contribution is -2.40. The van der Waals surface area contributed by atoms with Gasteiger partial charge in [0.05, 0.1) is 11.7 Å². The first-order valence-corrected chi connectivity index (χ1v) is 9.71. The quantitative estimate of drug-likeness (QED) is 0.760. The van der Waals surface area contributed by atoms with Crippen LogP contribution in [0.2, 0.25) is 0 Å². The fourth-order valence-electron chi connectivity index (χ4n) is 3.62. The molecule has 3 rings (SSSR count). The van der Waals surface area contributed by atoms with Crippen LogP contribution >= 0.6 is 0 Å². The highest BCUT2D eigenvalue weighted by Crippen LogP contribution is 2.29. The van der Waals surface area contributed by atoms with Gasteiger partial charge >= 0.3 is 11.8 Å². The van der Waals surface area contributed by atoms with E-state index in [4.69, 9.17) is 0 Å². The third kappa shape index (κ3) is 4.92. The summed E-state index contributed by atoms with van der Waals surface area (Å²) in [6, 6.07) is 12.0. The average Bonchev–Trinajstić information content (AvgIpc) is 2.69. The molecular formula is C22H27FN4O2. The van der Waals surface area contributed by atoms with Crippen molar-refractivity contribution in [3.05, 3.63) is 59.4 Å². The van der Waals surface area contributed by atoms with Crippen LogP contribution in [0.25, 0.3) is 0 Å². The summed E-state index contributed by atoms with van der Waals surface area (Å²) in [6.45, 7) is 1.32. The van der Waals surface area contributed by atoms with Gasteiger partial charge in [0.1, 0.15) is 5.82 Å². The highest BCUT2D eigenvalue weighted by molar-refractivity contribution is 6.39. The van der Waals surface area contributed by atoms with E-state index in [-0.39, 0.29) is 18.3 Å². The molecule has 1 aliphatic rings. The van der Waals surface area contributed by atoms with Gasteiger partial charge in [-0.3, -0.25) is 9.59 Å². The van der Waals surface area contributed by atoms with Crippen LogP contribution in [0.1, 0.15) is 23.6 Å². The number of carbonyl (C=O) groups is 2. The van der Waals surface area contributed by atoms with E-state index in [9.17, 15) is 14.0 Å². The standard InChI is InChI=1S/C22H27FN4O2/c1-26(2)20(16-10-11-19-15(13-16)7-6-12-27(19)3)14-24-21(28)22(29)25-18-9-5-4-8-17(18)23/h4-5,8-11,13,20H,6-7,12,14H2,1-3H3,(H,24,28)(H,25,29). The topological polar surface area (TPSA) is 64.7 Å². The van der Waals surface area contributed by atoms with Gasteiger partial charge < -0.3 is 20.4 Å². The molecule has 2 N–H and O–H groups in total. The molecule has 1 heterocycles. The van der Waals surface area contributed by atoms with Gasteiger partial charge in [0, 0.05) is 25.8 Å². The Morgan fingerprint density at radius 2 is 1.93 bits per heavy atom. The summed E-state index contributed by atoms with van der Waals surface area (Å²) in [5.41, 5.74) is 3.60. The molecule has 0 aromatic heterocycles. The summed E-state index contributed by atoms with van der Waals surface area (Å²) in [5.74, 6) is -2.27. The molecule has 2 amide bonds. The normalized spacial score (nSPS) is 14.3. The zero-order valence-electron chi connectivity index (χ0n) is 17.0. The number of carbonyl (C=O) groups excluding carboxylic acids is 2. The average molecular weight is 398 g/mol. The van der Waals surface area contributed by atoms with Gasteiger partial charge in [-0.1, -0.05) is 24.3 Å². The molecule has 1 aliphatic heterocycles. The lowest BCUT2D eigenvalue weighted by Gasteiger charge is -2.30. The summed E-state index contributed by atoms with van der Waals surface area (Å²) in [4.78, 5) is 28.6. The third-order valence-corrected chi connectivity index (χ3v) is 5.25. The summed E-state index contributed by atoms with van der Waals surface area (Å²) in [6.07, 6.45) is 2.15. The number of halogens is 1. The zero-order valence-corrected chi connectivity index (χ0v) is 17.0. The van der Waals surface area contributed by atoms with Crippen molar-refractivity contribution in [3.63, 3.8) is 0 Å². The molecule has 7 heteroatoms. The largest absolute Gasteiger partial charge is 0.374 e. The van der Waals surface area contributed by atoms with E-state index < -0.39 is 17.6 Å². The molecular weight excluding hydrogens is 371 g/mol. The first-order valence-electron chi connectivity index (χ1n) is 9.71. The molecule has 0 aliphatic carbocycles. The number of hydrogen-bond acceptors (Lipinski definition) is 4. The van der Waals surface area contributed by atoms with Crippen molar-refractivity contribution in [2.45, 2.75) is 18.9 Å². The Balaban J connectivity index is 1.66. The van der Waals surface area contributed by atoms with Gasteiger partial charge in [-0.15, -0.1) is 0 Å².